The number of benzene rings is 2. The molecule has 0 N–H and O–H groups in total. The minimum absolute atomic E-state index is 0.0730. The molecule has 140 valence electrons. The highest BCUT2D eigenvalue weighted by Gasteiger charge is 2.21. The predicted molar refractivity (Wildman–Crippen MR) is 106 cm³/mol. The van der Waals surface area contributed by atoms with Gasteiger partial charge in [0, 0.05) is 19.2 Å². The van der Waals surface area contributed by atoms with Gasteiger partial charge in [0.15, 0.2) is 5.78 Å². The molecule has 1 fully saturated rings. The quantitative estimate of drug-likeness (QED) is 0.326. The molecule has 6 heteroatoms. The van der Waals surface area contributed by atoms with Crippen molar-refractivity contribution < 1.29 is 14.5 Å². The smallest absolute Gasteiger partial charge is 0.293 e. The van der Waals surface area contributed by atoms with Crippen LogP contribution < -0.4 is 9.64 Å². The second kappa shape index (κ2) is 8.49. The molecule has 1 heterocycles. The van der Waals surface area contributed by atoms with Crippen LogP contribution in [0.4, 0.5) is 11.4 Å². The van der Waals surface area contributed by atoms with Crippen molar-refractivity contribution in [1.82, 2.24) is 0 Å². The van der Waals surface area contributed by atoms with Crippen molar-refractivity contribution in [1.29, 1.82) is 0 Å². The molecule has 0 spiro atoms. The van der Waals surface area contributed by atoms with E-state index < -0.39 is 0 Å². The van der Waals surface area contributed by atoms with Crippen molar-refractivity contribution in [3.05, 3.63) is 69.8 Å². The first-order valence-corrected chi connectivity index (χ1v) is 8.99. The van der Waals surface area contributed by atoms with Crippen molar-refractivity contribution in [3.63, 3.8) is 0 Å². The Kier molecular flexibility index (Phi) is 5.86. The van der Waals surface area contributed by atoms with Gasteiger partial charge in [-0.3, -0.25) is 14.9 Å². The van der Waals surface area contributed by atoms with E-state index in [1.54, 1.807) is 36.4 Å². The van der Waals surface area contributed by atoms with Crippen LogP contribution in [0.15, 0.2) is 48.5 Å². The molecule has 6 nitrogen and oxygen atoms in total. The molecule has 1 aliphatic heterocycles. The lowest BCUT2D eigenvalue weighted by Crippen LogP contribution is -2.29. The van der Waals surface area contributed by atoms with Gasteiger partial charge in [0.1, 0.15) is 11.4 Å². The van der Waals surface area contributed by atoms with Gasteiger partial charge in [0.05, 0.1) is 17.6 Å². The van der Waals surface area contributed by atoms with Gasteiger partial charge in [0.25, 0.3) is 5.69 Å². The zero-order valence-corrected chi connectivity index (χ0v) is 15.3. The lowest BCUT2D eigenvalue weighted by Gasteiger charge is -2.28. The van der Waals surface area contributed by atoms with Crippen molar-refractivity contribution in [2.24, 2.45) is 0 Å². The van der Waals surface area contributed by atoms with Gasteiger partial charge < -0.3 is 9.64 Å². The Morgan fingerprint density at radius 2 is 1.89 bits per heavy atom. The van der Waals surface area contributed by atoms with Gasteiger partial charge in [0.2, 0.25) is 0 Å². The first-order valence-electron chi connectivity index (χ1n) is 8.99. The topological polar surface area (TPSA) is 72.7 Å². The summed E-state index contributed by atoms with van der Waals surface area (Å²) in [5.74, 6) is 0.286. The molecule has 0 aromatic heterocycles. The molecule has 0 saturated carbocycles. The molecule has 0 unspecified atom stereocenters. The lowest BCUT2D eigenvalue weighted by atomic mass is 10.1. The van der Waals surface area contributed by atoms with Crippen molar-refractivity contribution in [3.8, 4) is 5.75 Å². The number of nitro benzene ring substituents is 1. The number of methoxy groups -OCH3 is 1. The summed E-state index contributed by atoms with van der Waals surface area (Å²) in [6, 6.07) is 12.1. The van der Waals surface area contributed by atoms with Crippen LogP contribution >= 0.6 is 0 Å². The first kappa shape index (κ1) is 18.6. The second-order valence-electron chi connectivity index (χ2n) is 6.45. The van der Waals surface area contributed by atoms with Gasteiger partial charge in [-0.15, -0.1) is 0 Å². The standard InChI is InChI=1S/C21H22N2O4/c1-27-21-8-4-3-7-17(21)20(24)12-10-16-9-11-18(19(15-16)23(25)26)22-13-5-2-6-14-22/h3-4,7-12,15H,2,5-6,13-14H2,1H3. The normalized spacial score (nSPS) is 14.3. The van der Waals surface area contributed by atoms with Gasteiger partial charge in [-0.25, -0.2) is 0 Å². The first-order chi connectivity index (χ1) is 13.1. The van der Waals surface area contributed by atoms with Crippen LogP contribution in [0.5, 0.6) is 5.75 Å². The minimum Gasteiger partial charge on any atom is -0.496 e. The van der Waals surface area contributed by atoms with E-state index in [-0.39, 0.29) is 16.4 Å². The highest BCUT2D eigenvalue weighted by Crippen LogP contribution is 2.31. The molecule has 0 radical (unpaired) electrons. The van der Waals surface area contributed by atoms with E-state index >= 15 is 0 Å². The molecule has 2 aromatic rings. The van der Waals surface area contributed by atoms with Crippen LogP contribution in [0.1, 0.15) is 35.2 Å². The number of nitro groups is 1. The minimum atomic E-state index is -0.358. The number of carbonyl (C=O) groups excluding carboxylic acids is 1. The predicted octanol–water partition coefficient (Wildman–Crippen LogP) is 4.49. The fourth-order valence-electron chi connectivity index (χ4n) is 3.30. The van der Waals surface area contributed by atoms with Crippen LogP contribution in [0.2, 0.25) is 0 Å². The van der Waals surface area contributed by atoms with E-state index in [9.17, 15) is 14.9 Å². The Labute approximate surface area is 158 Å². The number of para-hydroxylation sites is 1. The number of nitrogens with zero attached hydrogens (tertiary/aromatic N) is 2. The van der Waals surface area contributed by atoms with Crippen LogP contribution in [-0.4, -0.2) is 30.9 Å². The maximum absolute atomic E-state index is 12.4. The number of rotatable bonds is 6. The second-order valence-corrected chi connectivity index (χ2v) is 6.45. The molecule has 0 aliphatic carbocycles. The van der Waals surface area contributed by atoms with Gasteiger partial charge in [-0.1, -0.05) is 24.3 Å². The summed E-state index contributed by atoms with van der Waals surface area (Å²) in [4.78, 5) is 25.7. The number of hydrogen-bond donors (Lipinski definition) is 0. The number of allylic oxidation sites excluding steroid dienone is 1. The van der Waals surface area contributed by atoms with E-state index in [0.29, 0.717) is 22.6 Å². The largest absolute Gasteiger partial charge is 0.496 e. The fourth-order valence-corrected chi connectivity index (χ4v) is 3.30. The molecule has 0 bridgehead atoms. The number of ketones is 1. The third-order valence-electron chi connectivity index (χ3n) is 4.69. The SMILES string of the molecule is COc1ccccc1C(=O)C=Cc1ccc(N2CCCCC2)c([N+](=O)[O-])c1. The molecular weight excluding hydrogens is 344 g/mol. The molecule has 0 amide bonds. The highest BCUT2D eigenvalue weighted by atomic mass is 16.6. The maximum atomic E-state index is 12.4. The average Bonchev–Trinajstić information content (AvgIpc) is 2.72. The summed E-state index contributed by atoms with van der Waals surface area (Å²) < 4.78 is 5.20. The Morgan fingerprint density at radius 1 is 1.15 bits per heavy atom. The Bertz CT molecular complexity index is 870. The zero-order valence-electron chi connectivity index (χ0n) is 15.3. The average molecular weight is 366 g/mol. The van der Waals surface area contributed by atoms with Crippen LogP contribution in [0, 0.1) is 10.1 Å². The summed E-state index contributed by atoms with van der Waals surface area (Å²) in [5, 5.41) is 11.5. The van der Waals surface area contributed by atoms with Crippen LogP contribution in [0.3, 0.4) is 0 Å². The van der Waals surface area contributed by atoms with Crippen molar-refractivity contribution >= 4 is 23.2 Å². The molecule has 2 aromatic carbocycles. The van der Waals surface area contributed by atoms with Gasteiger partial charge in [-0.2, -0.15) is 0 Å². The molecule has 1 aliphatic rings. The summed E-state index contributed by atoms with van der Waals surface area (Å²) in [6.07, 6.45) is 6.27. The highest BCUT2D eigenvalue weighted by molar-refractivity contribution is 6.08. The third-order valence-corrected chi connectivity index (χ3v) is 4.69. The third kappa shape index (κ3) is 4.34. The maximum Gasteiger partial charge on any atom is 0.293 e. The van der Waals surface area contributed by atoms with Crippen molar-refractivity contribution in [2.75, 3.05) is 25.1 Å². The Morgan fingerprint density at radius 3 is 2.59 bits per heavy atom. The number of piperidine rings is 1. The van der Waals surface area contributed by atoms with Gasteiger partial charge in [-0.05, 0) is 49.1 Å². The van der Waals surface area contributed by atoms with E-state index in [0.717, 1.165) is 32.4 Å². The van der Waals surface area contributed by atoms with Crippen LogP contribution in [0.25, 0.3) is 6.08 Å². The Balaban J connectivity index is 1.84. The number of anilines is 1. The van der Waals surface area contributed by atoms with E-state index in [4.69, 9.17) is 4.74 Å². The van der Waals surface area contributed by atoms with E-state index in [2.05, 4.69) is 4.90 Å². The number of carbonyl (C=O) groups is 1. The molecular formula is C21H22N2O4. The summed E-state index contributed by atoms with van der Waals surface area (Å²) >= 11 is 0. The number of hydrogen-bond acceptors (Lipinski definition) is 5. The molecule has 0 atom stereocenters. The van der Waals surface area contributed by atoms with Crippen LogP contribution in [-0.2, 0) is 0 Å². The van der Waals surface area contributed by atoms with Crippen molar-refractivity contribution in [2.45, 2.75) is 19.3 Å². The molecule has 1 saturated heterocycles. The zero-order chi connectivity index (χ0) is 19.2. The monoisotopic (exact) mass is 366 g/mol. The lowest BCUT2D eigenvalue weighted by molar-refractivity contribution is -0.384. The summed E-state index contributed by atoms with van der Waals surface area (Å²) in [7, 11) is 1.51. The molecule has 3 rings (SSSR count). The molecule has 27 heavy (non-hydrogen) atoms. The van der Waals surface area contributed by atoms with E-state index in [1.165, 1.54) is 19.3 Å². The fraction of sp³-hybridized carbons (Fsp3) is 0.286. The Hall–Kier alpha value is -3.15. The van der Waals surface area contributed by atoms with E-state index in [1.807, 2.05) is 6.07 Å². The summed E-state index contributed by atoms with van der Waals surface area (Å²) in [5.41, 5.74) is 1.79. The summed E-state index contributed by atoms with van der Waals surface area (Å²) in [6.45, 7) is 1.67. The number of ether oxygens (including phenoxy) is 1. The van der Waals surface area contributed by atoms with Gasteiger partial charge >= 0.3 is 0 Å².